The maximum Gasteiger partial charge on any atom is 0.0571 e. The largest absolute Gasteiger partial charge is 0.393 e. The normalized spacial score (nSPS) is 15.6. The highest BCUT2D eigenvalue weighted by Gasteiger charge is 2.17. The fourth-order valence-corrected chi connectivity index (χ4v) is 1.65. The molecule has 0 bridgehead atoms. The SMILES string of the molecule is CC(C)C(C)C(O)CCc1ccnn1C. The molecule has 0 radical (unpaired) electrons. The first kappa shape index (κ1) is 12.2. The molecule has 1 rings (SSSR count). The van der Waals surface area contributed by atoms with Crippen LogP contribution in [0.3, 0.4) is 0 Å². The van der Waals surface area contributed by atoms with Crippen LogP contribution in [0, 0.1) is 11.8 Å². The summed E-state index contributed by atoms with van der Waals surface area (Å²) < 4.78 is 1.87. The quantitative estimate of drug-likeness (QED) is 0.807. The standard InChI is InChI=1S/C12H22N2O/c1-9(2)10(3)12(15)6-5-11-7-8-13-14(11)4/h7-10,12,15H,5-6H2,1-4H3. The Morgan fingerprint density at radius 3 is 2.53 bits per heavy atom. The van der Waals surface area contributed by atoms with E-state index >= 15 is 0 Å². The van der Waals surface area contributed by atoms with Crippen LogP contribution < -0.4 is 0 Å². The minimum atomic E-state index is -0.208. The molecule has 0 aliphatic heterocycles. The average molecular weight is 210 g/mol. The number of aryl methyl sites for hydroxylation is 2. The average Bonchev–Trinajstić information content (AvgIpc) is 2.59. The van der Waals surface area contributed by atoms with E-state index in [0.717, 1.165) is 12.8 Å². The van der Waals surface area contributed by atoms with E-state index in [-0.39, 0.29) is 6.10 Å². The summed E-state index contributed by atoms with van der Waals surface area (Å²) in [5.74, 6) is 0.893. The Morgan fingerprint density at radius 2 is 2.07 bits per heavy atom. The van der Waals surface area contributed by atoms with Crippen molar-refractivity contribution in [3.05, 3.63) is 18.0 Å². The minimum absolute atomic E-state index is 0.208. The van der Waals surface area contributed by atoms with E-state index in [1.807, 2.05) is 17.8 Å². The number of aromatic nitrogens is 2. The molecule has 1 aromatic heterocycles. The summed E-state index contributed by atoms with van der Waals surface area (Å²) in [6.07, 6.45) is 3.31. The van der Waals surface area contributed by atoms with Crippen LogP contribution in [0.25, 0.3) is 0 Å². The van der Waals surface area contributed by atoms with E-state index in [9.17, 15) is 5.11 Å². The second kappa shape index (κ2) is 5.31. The summed E-state index contributed by atoms with van der Waals surface area (Å²) in [6.45, 7) is 6.41. The number of hydrogen-bond donors (Lipinski definition) is 1. The second-order valence-corrected chi connectivity index (χ2v) is 4.66. The molecule has 86 valence electrons. The lowest BCUT2D eigenvalue weighted by Gasteiger charge is -2.22. The van der Waals surface area contributed by atoms with Crippen molar-refractivity contribution in [2.24, 2.45) is 18.9 Å². The molecule has 15 heavy (non-hydrogen) atoms. The monoisotopic (exact) mass is 210 g/mol. The maximum atomic E-state index is 9.95. The lowest BCUT2D eigenvalue weighted by Crippen LogP contribution is -2.23. The van der Waals surface area contributed by atoms with Crippen molar-refractivity contribution >= 4 is 0 Å². The minimum Gasteiger partial charge on any atom is -0.393 e. The van der Waals surface area contributed by atoms with E-state index in [2.05, 4.69) is 25.9 Å². The summed E-state index contributed by atoms with van der Waals surface area (Å²) in [4.78, 5) is 0. The van der Waals surface area contributed by atoms with Crippen LogP contribution in [0.1, 0.15) is 32.9 Å². The van der Waals surface area contributed by atoms with Gasteiger partial charge in [-0.15, -0.1) is 0 Å². The molecule has 0 saturated carbocycles. The maximum absolute atomic E-state index is 9.95. The van der Waals surface area contributed by atoms with Crippen LogP contribution in [-0.4, -0.2) is 21.0 Å². The third kappa shape index (κ3) is 3.34. The Kier molecular flexibility index (Phi) is 4.33. The van der Waals surface area contributed by atoms with Crippen LogP contribution in [0.15, 0.2) is 12.3 Å². The smallest absolute Gasteiger partial charge is 0.0571 e. The van der Waals surface area contributed by atoms with Gasteiger partial charge in [0.25, 0.3) is 0 Å². The van der Waals surface area contributed by atoms with Gasteiger partial charge in [0.05, 0.1) is 6.10 Å². The summed E-state index contributed by atoms with van der Waals surface area (Å²) >= 11 is 0. The lowest BCUT2D eigenvalue weighted by molar-refractivity contribution is 0.0837. The van der Waals surface area contributed by atoms with Crippen molar-refractivity contribution in [1.29, 1.82) is 0 Å². The van der Waals surface area contributed by atoms with E-state index in [0.29, 0.717) is 11.8 Å². The number of aliphatic hydroxyl groups excluding tert-OH is 1. The van der Waals surface area contributed by atoms with E-state index in [1.165, 1.54) is 5.69 Å². The second-order valence-electron chi connectivity index (χ2n) is 4.66. The van der Waals surface area contributed by atoms with Crippen molar-refractivity contribution in [1.82, 2.24) is 9.78 Å². The van der Waals surface area contributed by atoms with Crippen LogP contribution in [0.2, 0.25) is 0 Å². The molecular weight excluding hydrogens is 188 g/mol. The lowest BCUT2D eigenvalue weighted by atomic mass is 9.89. The van der Waals surface area contributed by atoms with Crippen LogP contribution in [-0.2, 0) is 13.5 Å². The Balaban J connectivity index is 2.40. The molecule has 1 N–H and O–H groups in total. The molecule has 0 spiro atoms. The van der Waals surface area contributed by atoms with Crippen molar-refractivity contribution in [2.45, 2.75) is 39.7 Å². The third-order valence-electron chi connectivity index (χ3n) is 3.28. The summed E-state index contributed by atoms with van der Waals surface area (Å²) in [6, 6.07) is 2.01. The number of hydrogen-bond acceptors (Lipinski definition) is 2. The molecule has 0 amide bonds. The molecular formula is C12H22N2O. The highest BCUT2D eigenvalue weighted by Crippen LogP contribution is 2.18. The molecule has 2 unspecified atom stereocenters. The fourth-order valence-electron chi connectivity index (χ4n) is 1.65. The van der Waals surface area contributed by atoms with E-state index in [1.54, 1.807) is 6.20 Å². The van der Waals surface area contributed by atoms with E-state index in [4.69, 9.17) is 0 Å². The Bertz CT molecular complexity index is 294. The van der Waals surface area contributed by atoms with Crippen molar-refractivity contribution in [2.75, 3.05) is 0 Å². The Morgan fingerprint density at radius 1 is 1.40 bits per heavy atom. The Hall–Kier alpha value is -0.830. The summed E-state index contributed by atoms with van der Waals surface area (Å²) in [5.41, 5.74) is 1.19. The van der Waals surface area contributed by atoms with Crippen LogP contribution >= 0.6 is 0 Å². The van der Waals surface area contributed by atoms with Crippen molar-refractivity contribution < 1.29 is 5.11 Å². The number of nitrogens with zero attached hydrogens (tertiary/aromatic N) is 2. The van der Waals surface area contributed by atoms with Gasteiger partial charge in [-0.2, -0.15) is 5.10 Å². The summed E-state index contributed by atoms with van der Waals surface area (Å²) in [7, 11) is 1.94. The first-order valence-corrected chi connectivity index (χ1v) is 5.67. The molecule has 3 nitrogen and oxygen atoms in total. The topological polar surface area (TPSA) is 38.1 Å². The highest BCUT2D eigenvalue weighted by molar-refractivity contribution is 5.00. The fraction of sp³-hybridized carbons (Fsp3) is 0.750. The molecule has 0 aliphatic rings. The van der Waals surface area contributed by atoms with Gasteiger partial charge in [-0.05, 0) is 30.7 Å². The molecule has 1 heterocycles. The number of aliphatic hydroxyl groups is 1. The van der Waals surface area contributed by atoms with Gasteiger partial charge < -0.3 is 5.11 Å². The van der Waals surface area contributed by atoms with Gasteiger partial charge in [0.15, 0.2) is 0 Å². The van der Waals surface area contributed by atoms with Gasteiger partial charge in [0.2, 0.25) is 0 Å². The molecule has 0 saturated heterocycles. The molecule has 0 fully saturated rings. The first-order valence-electron chi connectivity index (χ1n) is 5.67. The highest BCUT2D eigenvalue weighted by atomic mass is 16.3. The summed E-state index contributed by atoms with van der Waals surface area (Å²) in [5, 5.41) is 14.1. The molecule has 3 heteroatoms. The van der Waals surface area contributed by atoms with E-state index < -0.39 is 0 Å². The predicted molar refractivity (Wildman–Crippen MR) is 61.5 cm³/mol. The van der Waals surface area contributed by atoms with Gasteiger partial charge in [0, 0.05) is 18.9 Å². The Labute approximate surface area is 92.1 Å². The van der Waals surface area contributed by atoms with Crippen molar-refractivity contribution in [3.8, 4) is 0 Å². The molecule has 2 atom stereocenters. The van der Waals surface area contributed by atoms with Gasteiger partial charge >= 0.3 is 0 Å². The van der Waals surface area contributed by atoms with Gasteiger partial charge in [0.1, 0.15) is 0 Å². The first-order chi connectivity index (χ1) is 7.02. The zero-order valence-electron chi connectivity index (χ0n) is 10.1. The molecule has 0 aromatic carbocycles. The van der Waals surface area contributed by atoms with Gasteiger partial charge in [-0.3, -0.25) is 4.68 Å². The molecule has 1 aromatic rings. The van der Waals surface area contributed by atoms with Gasteiger partial charge in [-0.1, -0.05) is 20.8 Å². The predicted octanol–water partition coefficient (Wildman–Crippen LogP) is 2.01. The zero-order valence-corrected chi connectivity index (χ0v) is 10.1. The zero-order chi connectivity index (χ0) is 11.4. The van der Waals surface area contributed by atoms with Crippen molar-refractivity contribution in [3.63, 3.8) is 0 Å². The van der Waals surface area contributed by atoms with Crippen LogP contribution in [0.4, 0.5) is 0 Å². The number of rotatable bonds is 5. The van der Waals surface area contributed by atoms with Gasteiger partial charge in [-0.25, -0.2) is 0 Å². The third-order valence-corrected chi connectivity index (χ3v) is 3.28. The van der Waals surface area contributed by atoms with Crippen LogP contribution in [0.5, 0.6) is 0 Å². The molecule has 0 aliphatic carbocycles.